The summed E-state index contributed by atoms with van der Waals surface area (Å²) in [6.07, 6.45) is 2.30. The van der Waals surface area contributed by atoms with E-state index in [9.17, 15) is 0 Å². The molecule has 0 aliphatic carbocycles. The van der Waals surface area contributed by atoms with Crippen LogP contribution in [0.2, 0.25) is 0 Å². The monoisotopic (exact) mass is 463 g/mol. The van der Waals surface area contributed by atoms with E-state index >= 15 is 0 Å². The van der Waals surface area contributed by atoms with Crippen LogP contribution in [0.5, 0.6) is 0 Å². The van der Waals surface area contributed by atoms with E-state index in [1.54, 1.807) is 0 Å². The molecule has 4 aromatic heterocycles. The number of benzene rings is 5. The molecule has 2 nitrogen and oxygen atoms in total. The Labute approximate surface area is 203 Å². The van der Waals surface area contributed by atoms with Gasteiger partial charge in [-0.1, -0.05) is 78.9 Å². The summed E-state index contributed by atoms with van der Waals surface area (Å²) in [6.45, 7) is 0. The summed E-state index contributed by atoms with van der Waals surface area (Å²) in [4.78, 5) is 0. The number of hydrogen-bond donors (Lipinski definition) is 0. The predicted octanol–water partition coefficient (Wildman–Crippen LogP) is 9.67. The topological polar surface area (TPSA) is 17.6 Å². The van der Waals surface area contributed by atoms with E-state index in [1.165, 1.54) is 68.9 Å². The predicted molar refractivity (Wildman–Crippen MR) is 150 cm³/mol. The van der Waals surface area contributed by atoms with Crippen molar-refractivity contribution in [3.8, 4) is 0 Å². The summed E-state index contributed by atoms with van der Waals surface area (Å²) in [7, 11) is 0. The van der Waals surface area contributed by atoms with Gasteiger partial charge in [-0.3, -0.25) is 0 Å². The molecule has 0 radical (unpaired) electrons. The lowest BCUT2D eigenvalue weighted by Gasteiger charge is -2.11. The van der Waals surface area contributed by atoms with Crippen molar-refractivity contribution in [3.63, 3.8) is 0 Å². The molecule has 0 amide bonds. The van der Waals surface area contributed by atoms with Gasteiger partial charge in [-0.2, -0.15) is 0 Å². The van der Waals surface area contributed by atoms with Crippen LogP contribution in [0.4, 0.5) is 0 Å². The average molecular weight is 464 g/mol. The minimum Gasteiger partial charge on any atom is -0.455 e. The Kier molecular flexibility index (Phi) is 3.20. The molecule has 3 heteroatoms. The zero-order chi connectivity index (χ0) is 22.7. The standard InChI is InChI=1S/C32H17NOS/c1-2-8-19-18(7-1)17-33-29(19)24-15-13-22-20-9-3-5-11-26(20)34-31(22)28(24)25-16-14-23-21-10-4-6-12-27(21)35-32(23)30(25)33/h1-17H. The number of fused-ring (bicyclic) bond motifs is 16. The quantitative estimate of drug-likeness (QED) is 0.205. The Balaban J connectivity index is 1.66. The van der Waals surface area contributed by atoms with Gasteiger partial charge in [-0.05, 0) is 18.2 Å². The van der Waals surface area contributed by atoms with Crippen molar-refractivity contribution in [2.24, 2.45) is 0 Å². The highest BCUT2D eigenvalue weighted by molar-refractivity contribution is 7.26. The molecule has 0 spiro atoms. The number of thiophene rings is 1. The van der Waals surface area contributed by atoms with E-state index in [0.717, 1.165) is 11.2 Å². The molecule has 0 atom stereocenters. The minimum atomic E-state index is 0.936. The molecule has 0 fully saturated rings. The van der Waals surface area contributed by atoms with E-state index in [0.29, 0.717) is 0 Å². The molecule has 35 heavy (non-hydrogen) atoms. The fourth-order valence-corrected chi connectivity index (χ4v) is 7.33. The zero-order valence-corrected chi connectivity index (χ0v) is 19.4. The maximum absolute atomic E-state index is 6.58. The normalized spacial score (nSPS) is 12.6. The van der Waals surface area contributed by atoms with Gasteiger partial charge in [-0.15, -0.1) is 11.3 Å². The molecule has 0 saturated carbocycles. The largest absolute Gasteiger partial charge is 0.455 e. The molecule has 0 unspecified atom stereocenters. The average Bonchev–Trinajstić information content (AvgIpc) is 3.59. The smallest absolute Gasteiger partial charge is 0.144 e. The van der Waals surface area contributed by atoms with E-state index < -0.39 is 0 Å². The van der Waals surface area contributed by atoms with E-state index in [1.807, 2.05) is 17.4 Å². The van der Waals surface area contributed by atoms with E-state index in [-0.39, 0.29) is 0 Å². The van der Waals surface area contributed by atoms with Crippen LogP contribution in [0.1, 0.15) is 0 Å². The molecule has 4 heterocycles. The molecule has 0 N–H and O–H groups in total. The first kappa shape index (κ1) is 18.0. The van der Waals surface area contributed by atoms with Gasteiger partial charge in [0.1, 0.15) is 11.2 Å². The molecule has 0 saturated heterocycles. The highest BCUT2D eigenvalue weighted by Gasteiger charge is 2.20. The number of hydrogen-bond acceptors (Lipinski definition) is 2. The highest BCUT2D eigenvalue weighted by Crippen LogP contribution is 2.45. The van der Waals surface area contributed by atoms with Gasteiger partial charge in [0.15, 0.2) is 0 Å². The van der Waals surface area contributed by atoms with Crippen LogP contribution in [0.3, 0.4) is 0 Å². The van der Waals surface area contributed by atoms with Crippen molar-refractivity contribution in [2.75, 3.05) is 0 Å². The molecule has 9 aromatic rings. The summed E-state index contributed by atoms with van der Waals surface area (Å²) in [5.74, 6) is 0. The van der Waals surface area contributed by atoms with Crippen molar-refractivity contribution in [1.29, 1.82) is 0 Å². The first-order valence-corrected chi connectivity index (χ1v) is 12.7. The maximum atomic E-state index is 6.58. The fourth-order valence-electron chi connectivity index (χ4n) is 6.08. The third kappa shape index (κ3) is 2.15. The number of pyridine rings is 1. The molecular formula is C32H17NOS. The lowest BCUT2D eigenvalue weighted by Crippen LogP contribution is -1.90. The maximum Gasteiger partial charge on any atom is 0.144 e. The second kappa shape index (κ2) is 6.21. The van der Waals surface area contributed by atoms with Crippen molar-refractivity contribution in [1.82, 2.24) is 4.40 Å². The van der Waals surface area contributed by atoms with Gasteiger partial charge >= 0.3 is 0 Å². The number of aromatic nitrogens is 1. The summed E-state index contributed by atoms with van der Waals surface area (Å²) in [5.41, 5.74) is 4.42. The van der Waals surface area contributed by atoms with Crippen LogP contribution in [0, 0.1) is 0 Å². The van der Waals surface area contributed by atoms with Crippen LogP contribution in [0.25, 0.3) is 80.1 Å². The molecule has 0 bridgehead atoms. The summed E-state index contributed by atoms with van der Waals surface area (Å²) < 4.78 is 11.6. The van der Waals surface area contributed by atoms with Crippen LogP contribution in [-0.4, -0.2) is 4.40 Å². The summed E-state index contributed by atoms with van der Waals surface area (Å²) in [5, 5.41) is 11.2. The van der Waals surface area contributed by atoms with Crippen LogP contribution >= 0.6 is 11.3 Å². The van der Waals surface area contributed by atoms with Gasteiger partial charge in [0.25, 0.3) is 0 Å². The van der Waals surface area contributed by atoms with Crippen LogP contribution in [-0.2, 0) is 0 Å². The van der Waals surface area contributed by atoms with Gasteiger partial charge in [0.2, 0.25) is 0 Å². The Morgan fingerprint density at radius 3 is 2.14 bits per heavy atom. The van der Waals surface area contributed by atoms with Gasteiger partial charge in [0.05, 0.1) is 15.7 Å². The lowest BCUT2D eigenvalue weighted by atomic mass is 9.99. The fraction of sp³-hybridized carbons (Fsp3) is 0. The first-order valence-electron chi connectivity index (χ1n) is 11.9. The van der Waals surface area contributed by atoms with E-state index in [4.69, 9.17) is 4.42 Å². The molecule has 162 valence electrons. The third-order valence-electron chi connectivity index (χ3n) is 7.56. The van der Waals surface area contributed by atoms with Gasteiger partial charge in [0, 0.05) is 59.4 Å². The first-order chi connectivity index (χ1) is 17.4. The van der Waals surface area contributed by atoms with Gasteiger partial charge in [-0.25, -0.2) is 0 Å². The molecule has 0 aliphatic rings. The number of rotatable bonds is 0. The lowest BCUT2D eigenvalue weighted by molar-refractivity contribution is 0.673. The second-order valence-electron chi connectivity index (χ2n) is 9.33. The summed E-state index contributed by atoms with van der Waals surface area (Å²) in [6, 6.07) is 34.9. The zero-order valence-electron chi connectivity index (χ0n) is 18.6. The Bertz CT molecular complexity index is 2330. The highest BCUT2D eigenvalue weighted by atomic mass is 32.1. The Morgan fingerprint density at radius 2 is 1.23 bits per heavy atom. The Hall–Kier alpha value is -4.34. The summed E-state index contributed by atoms with van der Waals surface area (Å²) >= 11 is 1.88. The van der Waals surface area contributed by atoms with E-state index in [2.05, 4.69) is 102 Å². The van der Waals surface area contributed by atoms with Crippen molar-refractivity contribution >= 4 is 91.4 Å². The second-order valence-corrected chi connectivity index (χ2v) is 10.4. The SMILES string of the molecule is c1ccc2c(c1)cn1c2c2ccc3c4ccccc4oc3c2c2ccc3c4ccccc4sc3c21. The number of furan rings is 1. The Morgan fingerprint density at radius 1 is 0.543 bits per heavy atom. The molecule has 5 aromatic carbocycles. The molecular weight excluding hydrogens is 446 g/mol. The van der Waals surface area contributed by atoms with Gasteiger partial charge < -0.3 is 8.82 Å². The number of para-hydroxylation sites is 1. The van der Waals surface area contributed by atoms with Crippen molar-refractivity contribution in [3.05, 3.63) is 103 Å². The molecule has 9 rings (SSSR count). The van der Waals surface area contributed by atoms with Crippen molar-refractivity contribution in [2.45, 2.75) is 0 Å². The van der Waals surface area contributed by atoms with Crippen LogP contribution in [0.15, 0.2) is 108 Å². The number of nitrogens with zero attached hydrogens (tertiary/aromatic N) is 1. The molecule has 0 aliphatic heterocycles. The van der Waals surface area contributed by atoms with Crippen LogP contribution < -0.4 is 0 Å². The minimum absolute atomic E-state index is 0.936. The third-order valence-corrected chi connectivity index (χ3v) is 8.75. The van der Waals surface area contributed by atoms with Crippen molar-refractivity contribution < 1.29 is 4.42 Å².